The van der Waals surface area contributed by atoms with Gasteiger partial charge in [0.2, 0.25) is 0 Å². The minimum atomic E-state index is -0.885. The van der Waals surface area contributed by atoms with Gasteiger partial charge in [0.25, 0.3) is 0 Å². The molecule has 14 heteroatoms. The molecule has 0 amide bonds. The number of methoxy groups -OCH3 is 1. The zero-order valence-electron chi connectivity index (χ0n) is 22.4. The average molecular weight is 595 g/mol. The molecule has 3 aromatic heterocycles. The highest BCUT2D eigenvalue weighted by atomic mass is 32.2. The lowest BCUT2D eigenvalue weighted by molar-refractivity contribution is -0.141. The van der Waals surface area contributed by atoms with Crippen LogP contribution in [0.4, 0.5) is 15.2 Å². The molecule has 0 aromatic carbocycles. The molecule has 7 rings (SSSR count). The smallest absolute Gasteiger partial charge is 0.325 e. The zero-order valence-corrected chi connectivity index (χ0v) is 24.0. The van der Waals surface area contributed by atoms with E-state index in [4.69, 9.17) is 20.2 Å². The van der Waals surface area contributed by atoms with E-state index >= 15 is 0 Å². The van der Waals surface area contributed by atoms with Crippen molar-refractivity contribution in [3.8, 4) is 18.1 Å². The molecule has 0 saturated carbocycles. The number of aromatic nitrogens is 3. The molecule has 41 heavy (non-hydrogen) atoms. The summed E-state index contributed by atoms with van der Waals surface area (Å²) in [4.78, 5) is 27.0. The summed E-state index contributed by atoms with van der Waals surface area (Å²) < 4.78 is 26.7. The highest BCUT2D eigenvalue weighted by Crippen LogP contribution is 2.58. The first-order valence-corrected chi connectivity index (χ1v) is 15.2. The average Bonchev–Trinajstić information content (AvgIpc) is 3.72. The third kappa shape index (κ3) is 3.95. The molecule has 1 unspecified atom stereocenters. The van der Waals surface area contributed by atoms with Gasteiger partial charge in [-0.25, -0.2) is 4.39 Å². The summed E-state index contributed by atoms with van der Waals surface area (Å²) in [6.07, 6.45) is 2.94. The van der Waals surface area contributed by atoms with E-state index in [2.05, 4.69) is 26.9 Å². The number of esters is 1. The van der Waals surface area contributed by atoms with Crippen LogP contribution in [0.1, 0.15) is 40.8 Å². The maximum absolute atomic E-state index is 14.4. The number of thiophene rings is 1. The molecule has 4 aliphatic heterocycles. The number of thioether (sulfide) groups is 1. The van der Waals surface area contributed by atoms with Gasteiger partial charge in [-0.2, -0.15) is 20.5 Å². The van der Waals surface area contributed by atoms with E-state index in [1.165, 1.54) is 18.4 Å². The van der Waals surface area contributed by atoms with Gasteiger partial charge in [-0.3, -0.25) is 9.69 Å². The van der Waals surface area contributed by atoms with E-state index < -0.39 is 12.1 Å². The van der Waals surface area contributed by atoms with Crippen LogP contribution in [0.2, 0.25) is 0 Å². The van der Waals surface area contributed by atoms with Crippen molar-refractivity contribution in [3.05, 3.63) is 27.8 Å². The van der Waals surface area contributed by atoms with Crippen LogP contribution in [0.5, 0.6) is 6.01 Å². The molecule has 2 N–H and O–H groups in total. The largest absolute Gasteiger partial charge is 0.468 e. The van der Waals surface area contributed by atoms with Crippen molar-refractivity contribution in [3.63, 3.8) is 0 Å². The molecule has 3 saturated heterocycles. The number of anilines is 2. The van der Waals surface area contributed by atoms with Crippen molar-refractivity contribution in [2.75, 3.05) is 50.5 Å². The summed E-state index contributed by atoms with van der Waals surface area (Å²) in [5.41, 5.74) is 8.06. The number of carbonyl (C=O) groups excluding carboxylic acids is 1. The van der Waals surface area contributed by atoms with Gasteiger partial charge in [-0.15, -0.1) is 23.1 Å². The molecular weight excluding hydrogens is 567 g/mol. The van der Waals surface area contributed by atoms with Crippen molar-refractivity contribution >= 4 is 50.9 Å². The summed E-state index contributed by atoms with van der Waals surface area (Å²) in [5.74, 6) is 0.842. The van der Waals surface area contributed by atoms with Crippen LogP contribution in [0.3, 0.4) is 0 Å². The van der Waals surface area contributed by atoms with E-state index in [1.807, 2.05) is 0 Å². The Kier molecular flexibility index (Phi) is 6.08. The second kappa shape index (κ2) is 9.48. The fraction of sp³-hybridized carbons (Fsp3) is 0.519. The van der Waals surface area contributed by atoms with E-state index in [0.29, 0.717) is 59.0 Å². The lowest BCUT2D eigenvalue weighted by Gasteiger charge is -2.48. The number of rotatable bonds is 6. The van der Waals surface area contributed by atoms with E-state index in [1.54, 1.807) is 22.5 Å². The molecule has 3 fully saturated rings. The number of nitrogen functional groups attached to an aromatic ring is 1. The summed E-state index contributed by atoms with van der Waals surface area (Å²) in [6.45, 7) is 2.51. The fourth-order valence-corrected chi connectivity index (χ4v) is 9.74. The van der Waals surface area contributed by atoms with Gasteiger partial charge in [-0.05, 0) is 19.4 Å². The van der Waals surface area contributed by atoms with Crippen LogP contribution in [-0.4, -0.2) is 77.0 Å². The van der Waals surface area contributed by atoms with E-state index in [-0.39, 0.29) is 29.4 Å². The van der Waals surface area contributed by atoms with Gasteiger partial charge in [0.15, 0.2) is 5.65 Å². The summed E-state index contributed by atoms with van der Waals surface area (Å²) >= 11 is 3.27. The van der Waals surface area contributed by atoms with Crippen LogP contribution < -0.4 is 15.4 Å². The first kappa shape index (κ1) is 26.3. The number of ether oxygens (including phenoxy) is 2. The van der Waals surface area contributed by atoms with Crippen LogP contribution in [0.25, 0.3) is 11.0 Å². The number of nitrogens with zero attached hydrogens (tertiary/aromatic N) is 7. The minimum absolute atomic E-state index is 0.114. The van der Waals surface area contributed by atoms with Crippen molar-refractivity contribution in [2.45, 2.75) is 48.0 Å². The second-order valence-electron chi connectivity index (χ2n) is 11.1. The maximum atomic E-state index is 14.4. The topological polar surface area (TPSA) is 146 Å². The summed E-state index contributed by atoms with van der Waals surface area (Å²) in [6, 6.07) is 4.62. The number of carbonyl (C=O) groups is 1. The number of alkyl halides is 1. The van der Waals surface area contributed by atoms with E-state index in [0.717, 1.165) is 35.6 Å². The number of fused-ring (bicyclic) bond motifs is 4. The Labute approximate surface area is 243 Å². The summed E-state index contributed by atoms with van der Waals surface area (Å²) in [7, 11) is 1.31. The summed E-state index contributed by atoms with van der Waals surface area (Å²) in [5, 5.41) is 20.9. The van der Waals surface area contributed by atoms with Gasteiger partial charge < -0.3 is 24.7 Å². The molecule has 212 valence electrons. The minimum Gasteiger partial charge on any atom is -0.468 e. The molecule has 7 heterocycles. The number of hydrogen-bond acceptors (Lipinski definition) is 12. The standard InChI is InChI=1S/C27H27FN8O3S2/c1-38-19(37)10-34-8-15(6-29)20-23(34)32-25(39-14-26-3-2-4-36(26)9-16(28)5-26)33-24(20)35-12-27(13-35)21-17(7-30)22(31)41-18(21)11-40-27/h8,16H,2-5,9-14,31H2,1H3/t16?,26-/m0/s1. The zero-order chi connectivity index (χ0) is 28.5. The van der Waals surface area contributed by atoms with Crippen LogP contribution in [0.15, 0.2) is 6.20 Å². The predicted octanol–water partition coefficient (Wildman–Crippen LogP) is 2.91. The molecular formula is C27H27FN8O3S2. The van der Waals surface area contributed by atoms with Crippen LogP contribution in [0, 0.1) is 22.7 Å². The van der Waals surface area contributed by atoms with Gasteiger partial charge in [0.1, 0.15) is 42.3 Å². The Balaban J connectivity index is 1.27. The highest BCUT2D eigenvalue weighted by molar-refractivity contribution is 8.00. The first-order chi connectivity index (χ1) is 19.8. The molecule has 2 atom stereocenters. The normalized spacial score (nSPS) is 24.2. The number of halogens is 1. The third-order valence-corrected chi connectivity index (χ3v) is 11.5. The van der Waals surface area contributed by atoms with Gasteiger partial charge in [0.05, 0.1) is 33.9 Å². The second-order valence-corrected chi connectivity index (χ2v) is 13.6. The van der Waals surface area contributed by atoms with Gasteiger partial charge in [-0.1, -0.05) is 0 Å². The lowest BCUT2D eigenvalue weighted by Crippen LogP contribution is -2.57. The fourth-order valence-electron chi connectivity index (χ4n) is 6.94. The molecule has 0 aliphatic carbocycles. The third-order valence-electron chi connectivity index (χ3n) is 8.80. The van der Waals surface area contributed by atoms with Crippen molar-refractivity contribution in [1.29, 1.82) is 10.5 Å². The van der Waals surface area contributed by atoms with Crippen LogP contribution in [-0.2, 0) is 26.6 Å². The quantitative estimate of drug-likeness (QED) is 0.420. The van der Waals surface area contributed by atoms with Crippen molar-refractivity contribution in [1.82, 2.24) is 19.4 Å². The molecule has 3 aromatic rings. The van der Waals surface area contributed by atoms with Crippen LogP contribution >= 0.6 is 23.1 Å². The molecule has 0 radical (unpaired) electrons. The molecule has 0 bridgehead atoms. The van der Waals surface area contributed by atoms with Crippen molar-refractivity contribution < 1.29 is 18.7 Å². The van der Waals surface area contributed by atoms with E-state index in [9.17, 15) is 19.7 Å². The van der Waals surface area contributed by atoms with Crippen molar-refractivity contribution in [2.24, 2.45) is 0 Å². The molecule has 1 spiro atoms. The monoisotopic (exact) mass is 594 g/mol. The van der Waals surface area contributed by atoms with Gasteiger partial charge in [0, 0.05) is 48.4 Å². The SMILES string of the molecule is COC(=O)Cn1cc(C#N)c2c(N3CC4(C3)SCc3sc(N)c(C#N)c34)nc(OC[C@@]34CCCN3CC(F)C4)nc21. The lowest BCUT2D eigenvalue weighted by atomic mass is 9.88. The predicted molar refractivity (Wildman–Crippen MR) is 151 cm³/mol. The Morgan fingerprint density at radius 3 is 2.90 bits per heavy atom. The Morgan fingerprint density at radius 1 is 1.32 bits per heavy atom. The Morgan fingerprint density at radius 2 is 2.15 bits per heavy atom. The molecule has 11 nitrogen and oxygen atoms in total. The molecule has 4 aliphatic rings. The maximum Gasteiger partial charge on any atom is 0.325 e. The number of nitrogens with two attached hydrogens (primary N) is 1. The first-order valence-electron chi connectivity index (χ1n) is 13.4. The Hall–Kier alpha value is -3.59. The number of hydrogen-bond donors (Lipinski definition) is 1. The van der Waals surface area contributed by atoms with Gasteiger partial charge >= 0.3 is 12.0 Å². The highest BCUT2D eigenvalue weighted by Gasteiger charge is 2.53. The number of nitriles is 2. The Bertz CT molecular complexity index is 1670.